The van der Waals surface area contributed by atoms with Crippen LogP contribution in [0.4, 0.5) is 5.82 Å². The molecule has 0 aliphatic rings. The highest BCUT2D eigenvalue weighted by Gasteiger charge is 2.08. The second kappa shape index (κ2) is 4.92. The summed E-state index contributed by atoms with van der Waals surface area (Å²) in [6.45, 7) is 5.15. The van der Waals surface area contributed by atoms with Crippen LogP contribution in [0.3, 0.4) is 0 Å². The number of halogens is 1. The Kier molecular flexibility index (Phi) is 3.52. The number of nitrogens with two attached hydrogens (primary N) is 1. The van der Waals surface area contributed by atoms with Crippen LogP contribution in [0.25, 0.3) is 11.3 Å². The van der Waals surface area contributed by atoms with E-state index in [-0.39, 0.29) is 0 Å². The van der Waals surface area contributed by atoms with Gasteiger partial charge in [-0.15, -0.1) is 0 Å². The van der Waals surface area contributed by atoms with Crippen molar-refractivity contribution < 1.29 is 0 Å². The highest BCUT2D eigenvalue weighted by atomic mass is 79.9. The molecular formula is C13H16BrN3. The molecule has 1 heterocycles. The van der Waals surface area contributed by atoms with E-state index < -0.39 is 0 Å². The van der Waals surface area contributed by atoms with Crippen molar-refractivity contribution in [3.8, 4) is 11.3 Å². The summed E-state index contributed by atoms with van der Waals surface area (Å²) < 4.78 is 2.91. The summed E-state index contributed by atoms with van der Waals surface area (Å²) >= 11 is 3.46. The molecular weight excluding hydrogens is 278 g/mol. The molecule has 0 radical (unpaired) electrons. The maximum atomic E-state index is 5.95. The van der Waals surface area contributed by atoms with Crippen LogP contribution in [-0.2, 0) is 6.54 Å². The molecule has 0 atom stereocenters. The van der Waals surface area contributed by atoms with Gasteiger partial charge in [-0.2, -0.15) is 5.10 Å². The lowest BCUT2D eigenvalue weighted by atomic mass is 10.2. The Bertz CT molecular complexity index is 517. The predicted molar refractivity (Wildman–Crippen MR) is 74.6 cm³/mol. The molecule has 0 bridgehead atoms. The molecule has 0 spiro atoms. The third-order valence-corrected chi connectivity index (χ3v) is 2.96. The molecule has 0 amide bonds. The molecule has 0 aliphatic heterocycles. The van der Waals surface area contributed by atoms with E-state index in [9.17, 15) is 0 Å². The van der Waals surface area contributed by atoms with E-state index in [0.717, 1.165) is 22.3 Å². The van der Waals surface area contributed by atoms with Crippen LogP contribution in [0, 0.1) is 5.92 Å². The maximum absolute atomic E-state index is 5.95. The molecule has 17 heavy (non-hydrogen) atoms. The summed E-state index contributed by atoms with van der Waals surface area (Å²) in [6.07, 6.45) is 0. The molecule has 4 heteroatoms. The van der Waals surface area contributed by atoms with E-state index in [2.05, 4.69) is 34.9 Å². The Morgan fingerprint density at radius 1 is 1.35 bits per heavy atom. The van der Waals surface area contributed by atoms with Gasteiger partial charge in [-0.3, -0.25) is 0 Å². The molecule has 2 aromatic rings. The SMILES string of the molecule is CC(C)Cn1nc(-c2cccc(Br)c2)cc1N. The molecule has 0 aliphatic carbocycles. The van der Waals surface area contributed by atoms with E-state index in [1.54, 1.807) is 0 Å². The van der Waals surface area contributed by atoms with Gasteiger partial charge < -0.3 is 5.73 Å². The number of nitrogen functional groups attached to an aromatic ring is 1. The lowest BCUT2D eigenvalue weighted by Gasteiger charge is -2.06. The molecule has 1 aromatic carbocycles. The molecule has 0 saturated carbocycles. The van der Waals surface area contributed by atoms with Gasteiger partial charge in [-0.25, -0.2) is 4.68 Å². The van der Waals surface area contributed by atoms with Crippen LogP contribution < -0.4 is 5.73 Å². The first-order valence-electron chi connectivity index (χ1n) is 5.65. The van der Waals surface area contributed by atoms with E-state index in [1.807, 2.05) is 35.0 Å². The number of hydrogen-bond acceptors (Lipinski definition) is 2. The molecule has 0 unspecified atom stereocenters. The Morgan fingerprint density at radius 3 is 2.76 bits per heavy atom. The van der Waals surface area contributed by atoms with Crippen molar-refractivity contribution in [3.63, 3.8) is 0 Å². The van der Waals surface area contributed by atoms with Crippen molar-refractivity contribution >= 4 is 21.7 Å². The average molecular weight is 294 g/mol. The molecule has 90 valence electrons. The summed E-state index contributed by atoms with van der Waals surface area (Å²) in [5.41, 5.74) is 7.95. The van der Waals surface area contributed by atoms with E-state index in [4.69, 9.17) is 5.73 Å². The van der Waals surface area contributed by atoms with E-state index in [1.165, 1.54) is 0 Å². The van der Waals surface area contributed by atoms with Gasteiger partial charge in [0.15, 0.2) is 0 Å². The van der Waals surface area contributed by atoms with Crippen molar-refractivity contribution in [2.24, 2.45) is 5.92 Å². The molecule has 3 nitrogen and oxygen atoms in total. The van der Waals surface area contributed by atoms with Crippen LogP contribution in [0.2, 0.25) is 0 Å². The van der Waals surface area contributed by atoms with Crippen molar-refractivity contribution in [1.29, 1.82) is 0 Å². The first kappa shape index (κ1) is 12.2. The molecule has 2 rings (SSSR count). The Labute approximate surface area is 110 Å². The Hall–Kier alpha value is -1.29. The zero-order valence-electron chi connectivity index (χ0n) is 10.0. The summed E-state index contributed by atoms with van der Waals surface area (Å²) in [7, 11) is 0. The standard InChI is InChI=1S/C13H16BrN3/c1-9(2)8-17-13(15)7-12(16-17)10-4-3-5-11(14)6-10/h3-7,9H,8,15H2,1-2H3. The quantitative estimate of drug-likeness (QED) is 0.940. The highest BCUT2D eigenvalue weighted by molar-refractivity contribution is 9.10. The zero-order valence-corrected chi connectivity index (χ0v) is 11.6. The summed E-state index contributed by atoms with van der Waals surface area (Å²) in [5, 5.41) is 4.53. The maximum Gasteiger partial charge on any atom is 0.122 e. The second-order valence-corrected chi connectivity index (χ2v) is 5.46. The number of rotatable bonds is 3. The van der Waals surface area contributed by atoms with Gasteiger partial charge in [-0.05, 0) is 18.1 Å². The lowest BCUT2D eigenvalue weighted by molar-refractivity contribution is 0.489. The molecule has 0 saturated heterocycles. The average Bonchev–Trinajstić information content (AvgIpc) is 2.59. The van der Waals surface area contributed by atoms with Gasteiger partial charge in [0, 0.05) is 22.6 Å². The monoisotopic (exact) mass is 293 g/mol. The van der Waals surface area contributed by atoms with Crippen molar-refractivity contribution in [3.05, 3.63) is 34.8 Å². The fourth-order valence-electron chi connectivity index (χ4n) is 1.71. The molecule has 0 fully saturated rings. The van der Waals surface area contributed by atoms with Gasteiger partial charge in [0.05, 0.1) is 5.69 Å². The van der Waals surface area contributed by atoms with E-state index >= 15 is 0 Å². The van der Waals surface area contributed by atoms with Gasteiger partial charge in [-0.1, -0.05) is 41.9 Å². The minimum absolute atomic E-state index is 0.535. The summed E-state index contributed by atoms with van der Waals surface area (Å²) in [5.74, 6) is 1.25. The lowest BCUT2D eigenvalue weighted by Crippen LogP contribution is -2.09. The fourth-order valence-corrected chi connectivity index (χ4v) is 2.11. The minimum atomic E-state index is 0.535. The molecule has 1 aromatic heterocycles. The highest BCUT2D eigenvalue weighted by Crippen LogP contribution is 2.23. The van der Waals surface area contributed by atoms with Crippen molar-refractivity contribution in [2.75, 3.05) is 5.73 Å². The summed E-state index contributed by atoms with van der Waals surface area (Å²) in [6, 6.07) is 9.99. The number of anilines is 1. The predicted octanol–water partition coefficient (Wildman–Crippen LogP) is 3.55. The third kappa shape index (κ3) is 2.88. The Morgan fingerprint density at radius 2 is 2.12 bits per heavy atom. The molecule has 2 N–H and O–H groups in total. The van der Waals surface area contributed by atoms with Crippen molar-refractivity contribution in [1.82, 2.24) is 9.78 Å². The van der Waals surface area contributed by atoms with Crippen LogP contribution in [0.1, 0.15) is 13.8 Å². The zero-order chi connectivity index (χ0) is 12.4. The number of aromatic nitrogens is 2. The first-order valence-corrected chi connectivity index (χ1v) is 6.45. The van der Waals surface area contributed by atoms with Gasteiger partial charge in [0.2, 0.25) is 0 Å². The van der Waals surface area contributed by atoms with Crippen LogP contribution in [0.5, 0.6) is 0 Å². The normalized spacial score (nSPS) is 11.1. The number of nitrogens with zero attached hydrogens (tertiary/aromatic N) is 2. The largest absolute Gasteiger partial charge is 0.384 e. The number of hydrogen-bond donors (Lipinski definition) is 1. The van der Waals surface area contributed by atoms with Crippen LogP contribution >= 0.6 is 15.9 Å². The number of benzene rings is 1. The summed E-state index contributed by atoms with van der Waals surface area (Å²) in [4.78, 5) is 0. The van der Waals surface area contributed by atoms with Crippen LogP contribution in [-0.4, -0.2) is 9.78 Å². The third-order valence-electron chi connectivity index (χ3n) is 2.47. The van der Waals surface area contributed by atoms with Gasteiger partial charge >= 0.3 is 0 Å². The van der Waals surface area contributed by atoms with Crippen molar-refractivity contribution in [2.45, 2.75) is 20.4 Å². The van der Waals surface area contributed by atoms with Crippen LogP contribution in [0.15, 0.2) is 34.8 Å². The van der Waals surface area contributed by atoms with Gasteiger partial charge in [0.25, 0.3) is 0 Å². The fraction of sp³-hybridized carbons (Fsp3) is 0.308. The minimum Gasteiger partial charge on any atom is -0.384 e. The van der Waals surface area contributed by atoms with Gasteiger partial charge in [0.1, 0.15) is 5.82 Å². The Balaban J connectivity index is 2.34. The second-order valence-electron chi connectivity index (χ2n) is 4.54. The first-order chi connectivity index (χ1) is 8.06. The smallest absolute Gasteiger partial charge is 0.122 e. The topological polar surface area (TPSA) is 43.8 Å². The van der Waals surface area contributed by atoms with E-state index in [0.29, 0.717) is 11.7 Å².